The second-order valence-corrected chi connectivity index (χ2v) is 6.68. The molecular formula is C17H18FN3OS. The topological polar surface area (TPSA) is 38.1 Å². The Labute approximate surface area is 138 Å². The van der Waals surface area contributed by atoms with Gasteiger partial charge in [-0.3, -0.25) is 9.48 Å². The summed E-state index contributed by atoms with van der Waals surface area (Å²) in [6, 6.07) is 8.08. The largest absolute Gasteiger partial charge is 0.334 e. The van der Waals surface area contributed by atoms with Crippen LogP contribution in [0.25, 0.3) is 10.2 Å². The van der Waals surface area contributed by atoms with Gasteiger partial charge >= 0.3 is 0 Å². The number of rotatable bonds is 3. The molecule has 0 saturated heterocycles. The lowest BCUT2D eigenvalue weighted by Gasteiger charge is -2.25. The fourth-order valence-corrected chi connectivity index (χ4v) is 3.79. The second-order valence-electron chi connectivity index (χ2n) is 5.65. The number of halogens is 1. The molecule has 1 amide bonds. The Morgan fingerprint density at radius 1 is 1.39 bits per heavy atom. The molecule has 0 spiro atoms. The molecule has 4 nitrogen and oxygen atoms in total. The summed E-state index contributed by atoms with van der Waals surface area (Å²) in [5.41, 5.74) is 1.42. The van der Waals surface area contributed by atoms with Gasteiger partial charge in [-0.25, -0.2) is 4.39 Å². The predicted molar refractivity (Wildman–Crippen MR) is 90.2 cm³/mol. The molecule has 23 heavy (non-hydrogen) atoms. The van der Waals surface area contributed by atoms with Crippen LogP contribution in [0, 0.1) is 12.7 Å². The Morgan fingerprint density at radius 2 is 2.09 bits per heavy atom. The normalized spacial score (nSPS) is 12.6. The van der Waals surface area contributed by atoms with Gasteiger partial charge in [0.2, 0.25) is 0 Å². The van der Waals surface area contributed by atoms with E-state index < -0.39 is 0 Å². The molecule has 0 aliphatic carbocycles. The smallest absolute Gasteiger partial charge is 0.264 e. The minimum absolute atomic E-state index is 0.110. The zero-order valence-corrected chi connectivity index (χ0v) is 14.3. The minimum Gasteiger partial charge on any atom is -0.334 e. The van der Waals surface area contributed by atoms with Gasteiger partial charge in [-0.05, 0) is 26.0 Å². The molecule has 2 aromatic heterocycles. The first-order chi connectivity index (χ1) is 10.9. The van der Waals surface area contributed by atoms with Crippen LogP contribution in [-0.4, -0.2) is 27.6 Å². The zero-order valence-electron chi connectivity index (χ0n) is 13.5. The number of carbonyl (C=O) groups is 1. The Morgan fingerprint density at radius 3 is 2.74 bits per heavy atom. The average Bonchev–Trinajstić information content (AvgIpc) is 3.08. The Balaban J connectivity index is 1.92. The molecule has 1 unspecified atom stereocenters. The monoisotopic (exact) mass is 331 g/mol. The van der Waals surface area contributed by atoms with Crippen molar-refractivity contribution < 1.29 is 9.18 Å². The molecule has 2 heterocycles. The average molecular weight is 331 g/mol. The van der Waals surface area contributed by atoms with E-state index in [0.717, 1.165) is 15.9 Å². The van der Waals surface area contributed by atoms with Gasteiger partial charge in [0.1, 0.15) is 10.6 Å². The summed E-state index contributed by atoms with van der Waals surface area (Å²) < 4.78 is 15.7. The molecule has 0 saturated carbocycles. The van der Waals surface area contributed by atoms with Crippen molar-refractivity contribution in [3.63, 3.8) is 0 Å². The molecule has 0 N–H and O–H groups in total. The third kappa shape index (κ3) is 2.63. The molecule has 6 heteroatoms. The van der Waals surface area contributed by atoms with Crippen LogP contribution in [0.1, 0.15) is 33.9 Å². The van der Waals surface area contributed by atoms with Gasteiger partial charge in [0.15, 0.2) is 0 Å². The van der Waals surface area contributed by atoms with Crippen molar-refractivity contribution in [2.45, 2.75) is 19.9 Å². The Bertz CT molecular complexity index is 849. The van der Waals surface area contributed by atoms with E-state index in [0.29, 0.717) is 10.4 Å². The molecule has 3 rings (SSSR count). The number of benzene rings is 1. The molecule has 0 bridgehead atoms. The standard InChI is InChI=1S/C17H18FN3OS/c1-10-13-9-15(23-17(13)21(4)19-10)16(22)20(3)11(2)12-7-5-6-8-14(12)18/h5-9,11H,1-4H3. The van der Waals surface area contributed by atoms with Gasteiger partial charge in [-0.15, -0.1) is 11.3 Å². The van der Waals surface area contributed by atoms with Gasteiger partial charge in [0.25, 0.3) is 5.91 Å². The molecule has 3 aromatic rings. The first-order valence-electron chi connectivity index (χ1n) is 7.35. The molecule has 1 atom stereocenters. The fraction of sp³-hybridized carbons (Fsp3) is 0.294. The highest BCUT2D eigenvalue weighted by Crippen LogP contribution is 2.30. The lowest BCUT2D eigenvalue weighted by atomic mass is 10.1. The SMILES string of the molecule is Cc1nn(C)c2sc(C(=O)N(C)C(C)c3ccccc3F)cc12. The van der Waals surface area contributed by atoms with Crippen LogP contribution in [0.15, 0.2) is 30.3 Å². The third-order valence-electron chi connectivity index (χ3n) is 4.16. The van der Waals surface area contributed by atoms with E-state index in [9.17, 15) is 9.18 Å². The number of thiophene rings is 1. The first-order valence-corrected chi connectivity index (χ1v) is 8.16. The highest BCUT2D eigenvalue weighted by molar-refractivity contribution is 7.20. The van der Waals surface area contributed by atoms with E-state index in [4.69, 9.17) is 0 Å². The van der Waals surface area contributed by atoms with Crippen LogP contribution in [0.5, 0.6) is 0 Å². The van der Waals surface area contributed by atoms with E-state index in [1.165, 1.54) is 17.4 Å². The fourth-order valence-electron chi connectivity index (χ4n) is 2.68. The van der Waals surface area contributed by atoms with Crippen molar-refractivity contribution in [3.8, 4) is 0 Å². The van der Waals surface area contributed by atoms with Crippen LogP contribution < -0.4 is 0 Å². The number of fused-ring (bicyclic) bond motifs is 1. The highest BCUT2D eigenvalue weighted by Gasteiger charge is 2.23. The lowest BCUT2D eigenvalue weighted by Crippen LogP contribution is -2.29. The van der Waals surface area contributed by atoms with E-state index in [1.54, 1.807) is 34.8 Å². The maximum atomic E-state index is 13.9. The summed E-state index contributed by atoms with van der Waals surface area (Å²) in [4.78, 5) is 15.9. The number of carbonyl (C=O) groups excluding carboxylic acids is 1. The quantitative estimate of drug-likeness (QED) is 0.730. The van der Waals surface area contributed by atoms with Gasteiger partial charge in [-0.2, -0.15) is 5.10 Å². The summed E-state index contributed by atoms with van der Waals surface area (Å²) in [5.74, 6) is -0.405. The van der Waals surface area contributed by atoms with Crippen molar-refractivity contribution in [1.29, 1.82) is 0 Å². The van der Waals surface area contributed by atoms with Crippen LogP contribution >= 0.6 is 11.3 Å². The van der Waals surface area contributed by atoms with Crippen molar-refractivity contribution in [2.24, 2.45) is 7.05 Å². The summed E-state index contributed by atoms with van der Waals surface area (Å²) in [7, 11) is 3.57. The van der Waals surface area contributed by atoms with E-state index in [2.05, 4.69) is 5.10 Å². The second kappa shape index (κ2) is 5.77. The van der Waals surface area contributed by atoms with Crippen LogP contribution in [0.3, 0.4) is 0 Å². The third-order valence-corrected chi connectivity index (χ3v) is 5.35. The van der Waals surface area contributed by atoms with E-state index in [1.807, 2.05) is 27.0 Å². The Hall–Kier alpha value is -2.21. The summed E-state index contributed by atoms with van der Waals surface area (Å²) in [6.45, 7) is 3.76. The van der Waals surface area contributed by atoms with Crippen molar-refractivity contribution in [3.05, 3.63) is 52.3 Å². The van der Waals surface area contributed by atoms with E-state index in [-0.39, 0.29) is 17.8 Å². The number of hydrogen-bond acceptors (Lipinski definition) is 3. The molecule has 120 valence electrons. The van der Waals surface area contributed by atoms with Crippen LogP contribution in [0.2, 0.25) is 0 Å². The first kappa shape index (κ1) is 15.7. The number of aryl methyl sites for hydroxylation is 2. The number of amides is 1. The van der Waals surface area contributed by atoms with Crippen molar-refractivity contribution >= 4 is 27.5 Å². The summed E-state index contributed by atoms with van der Waals surface area (Å²) in [6.07, 6.45) is 0. The van der Waals surface area contributed by atoms with Crippen LogP contribution in [0.4, 0.5) is 4.39 Å². The molecule has 0 radical (unpaired) electrons. The van der Waals surface area contributed by atoms with Gasteiger partial charge in [0, 0.05) is 25.0 Å². The maximum Gasteiger partial charge on any atom is 0.264 e. The molecule has 0 aliphatic heterocycles. The van der Waals surface area contributed by atoms with Crippen LogP contribution in [-0.2, 0) is 7.05 Å². The maximum absolute atomic E-state index is 13.9. The number of nitrogens with zero attached hydrogens (tertiary/aromatic N) is 3. The molecular weight excluding hydrogens is 313 g/mol. The Kier molecular flexibility index (Phi) is 3.93. The molecule has 0 fully saturated rings. The van der Waals surface area contributed by atoms with Gasteiger partial charge < -0.3 is 4.90 Å². The number of aromatic nitrogens is 2. The van der Waals surface area contributed by atoms with Gasteiger partial charge in [0.05, 0.1) is 16.6 Å². The van der Waals surface area contributed by atoms with E-state index >= 15 is 0 Å². The molecule has 0 aliphatic rings. The lowest BCUT2D eigenvalue weighted by molar-refractivity contribution is 0.0745. The summed E-state index contributed by atoms with van der Waals surface area (Å²) in [5, 5.41) is 5.34. The highest BCUT2D eigenvalue weighted by atomic mass is 32.1. The van der Waals surface area contributed by atoms with Gasteiger partial charge in [-0.1, -0.05) is 18.2 Å². The predicted octanol–water partition coefficient (Wildman–Crippen LogP) is 3.92. The van der Waals surface area contributed by atoms with Crippen molar-refractivity contribution in [2.75, 3.05) is 7.05 Å². The minimum atomic E-state index is -0.340. The zero-order chi connectivity index (χ0) is 16.7. The van der Waals surface area contributed by atoms with Crippen molar-refractivity contribution in [1.82, 2.24) is 14.7 Å². The number of hydrogen-bond donors (Lipinski definition) is 0. The summed E-state index contributed by atoms with van der Waals surface area (Å²) >= 11 is 1.41. The molecule has 1 aromatic carbocycles.